The molecule has 0 aliphatic carbocycles. The molecule has 1 aromatic carbocycles. The molecule has 1 N–H and O–H groups in total. The Bertz CT molecular complexity index is 1660. The van der Waals surface area contributed by atoms with E-state index in [9.17, 15) is 23.2 Å². The lowest BCUT2D eigenvalue weighted by Gasteiger charge is -2.08. The Labute approximate surface area is 204 Å². The van der Waals surface area contributed by atoms with Gasteiger partial charge in [-0.05, 0) is 6.07 Å². The summed E-state index contributed by atoms with van der Waals surface area (Å²) in [5.41, 5.74) is -1.81. The lowest BCUT2D eigenvalue weighted by atomic mass is 10.1. The van der Waals surface area contributed by atoms with Crippen molar-refractivity contribution in [3.63, 3.8) is 0 Å². The van der Waals surface area contributed by atoms with Crippen LogP contribution in [0.3, 0.4) is 0 Å². The molecule has 0 unspecified atom stereocenters. The van der Waals surface area contributed by atoms with Crippen molar-refractivity contribution in [3.8, 4) is 17.6 Å². The maximum atomic E-state index is 13.8. The molecule has 0 radical (unpaired) electrons. The van der Waals surface area contributed by atoms with E-state index in [0.29, 0.717) is 10.8 Å². The van der Waals surface area contributed by atoms with Crippen molar-refractivity contribution in [2.45, 2.75) is 6.18 Å². The molecule has 0 aliphatic rings. The largest absolute Gasteiger partial charge is 0.435 e. The fourth-order valence-electron chi connectivity index (χ4n) is 3.49. The van der Waals surface area contributed by atoms with Crippen LogP contribution in [0.25, 0.3) is 22.3 Å². The minimum atomic E-state index is -4.93. The van der Waals surface area contributed by atoms with Crippen molar-refractivity contribution in [2.75, 3.05) is 5.32 Å². The first-order valence-electron chi connectivity index (χ1n) is 10.0. The van der Waals surface area contributed by atoms with Gasteiger partial charge >= 0.3 is 6.18 Å². The number of carbonyl (C=O) groups excluding carboxylic acids is 1. The molecule has 0 fully saturated rings. The molecule has 0 bridgehead atoms. The second kappa shape index (κ2) is 8.75. The van der Waals surface area contributed by atoms with Crippen molar-refractivity contribution >= 4 is 34.0 Å². The number of carbonyl (C=O) groups is 1. The summed E-state index contributed by atoms with van der Waals surface area (Å²) in [6.45, 7) is 0. The van der Waals surface area contributed by atoms with Gasteiger partial charge in [0.15, 0.2) is 11.5 Å². The fraction of sp³-hybridized carbons (Fsp3) is 0.0455. The maximum Gasteiger partial charge on any atom is 0.435 e. The van der Waals surface area contributed by atoms with Crippen LogP contribution in [0.1, 0.15) is 21.7 Å². The Kier molecular flexibility index (Phi) is 5.57. The van der Waals surface area contributed by atoms with E-state index in [-0.39, 0.29) is 27.9 Å². The Morgan fingerprint density at radius 2 is 1.81 bits per heavy atom. The maximum absolute atomic E-state index is 13.8. The van der Waals surface area contributed by atoms with Gasteiger partial charge in [0.25, 0.3) is 5.91 Å². The van der Waals surface area contributed by atoms with Crippen LogP contribution in [0.15, 0.2) is 61.3 Å². The summed E-state index contributed by atoms with van der Waals surface area (Å²) < 4.78 is 42.4. The molecule has 4 aromatic heterocycles. The van der Waals surface area contributed by atoms with Crippen LogP contribution in [0.2, 0.25) is 5.02 Å². The number of nitrogens with zero attached hydrogens (tertiary/aromatic N) is 8. The fourth-order valence-corrected chi connectivity index (χ4v) is 3.73. The highest BCUT2D eigenvalue weighted by Crippen LogP contribution is 2.33. The molecule has 5 aromatic rings. The highest BCUT2D eigenvalue weighted by Gasteiger charge is 2.39. The predicted octanol–water partition coefficient (Wildman–Crippen LogP) is 4.19. The summed E-state index contributed by atoms with van der Waals surface area (Å²) >= 11 is 6.18. The predicted molar refractivity (Wildman–Crippen MR) is 121 cm³/mol. The van der Waals surface area contributed by atoms with E-state index in [1.807, 2.05) is 6.07 Å². The Morgan fingerprint density at radius 1 is 1.08 bits per heavy atom. The van der Waals surface area contributed by atoms with E-state index >= 15 is 0 Å². The van der Waals surface area contributed by atoms with Crippen molar-refractivity contribution in [3.05, 3.63) is 83.3 Å². The van der Waals surface area contributed by atoms with Crippen molar-refractivity contribution < 1.29 is 18.0 Å². The number of anilines is 1. The van der Waals surface area contributed by atoms with Crippen LogP contribution in [0.4, 0.5) is 18.9 Å². The number of rotatable bonds is 4. The summed E-state index contributed by atoms with van der Waals surface area (Å²) in [5.74, 6) is -0.911. The second-order valence-electron chi connectivity index (χ2n) is 7.29. The van der Waals surface area contributed by atoms with Crippen molar-refractivity contribution in [1.29, 1.82) is 5.26 Å². The van der Waals surface area contributed by atoms with Gasteiger partial charge in [-0.25, -0.2) is 14.6 Å². The number of amides is 1. The smallest absolute Gasteiger partial charge is 0.320 e. The van der Waals surface area contributed by atoms with Crippen LogP contribution in [0, 0.1) is 11.3 Å². The lowest BCUT2D eigenvalue weighted by Crippen LogP contribution is -2.18. The van der Waals surface area contributed by atoms with Crippen LogP contribution in [-0.2, 0) is 6.18 Å². The quantitative estimate of drug-likeness (QED) is 0.384. The van der Waals surface area contributed by atoms with E-state index in [2.05, 4.69) is 30.6 Å². The van der Waals surface area contributed by atoms with Gasteiger partial charge in [-0.3, -0.25) is 4.79 Å². The van der Waals surface area contributed by atoms with Gasteiger partial charge in [-0.15, -0.1) is 4.80 Å². The first-order valence-corrected chi connectivity index (χ1v) is 10.4. The number of nitrogens with one attached hydrogen (secondary N) is 1. The number of fused-ring (bicyclic) bond motifs is 1. The highest BCUT2D eigenvalue weighted by atomic mass is 35.5. The SMILES string of the molecule is N#Cc1ncc(-n2cc(C(=O)Nc3cnc(-n4nccn4)c(Cl)c3)c(C(F)(F)F)n2)c2ccccc12. The molecular formula is C22H11ClF3N9O. The number of halogens is 4. The molecule has 0 spiro atoms. The monoisotopic (exact) mass is 509 g/mol. The van der Waals surface area contributed by atoms with Crippen LogP contribution >= 0.6 is 11.6 Å². The average Bonchev–Trinajstić information content (AvgIpc) is 3.54. The Morgan fingerprint density at radius 3 is 2.47 bits per heavy atom. The molecule has 178 valence electrons. The molecule has 0 aliphatic heterocycles. The summed E-state index contributed by atoms with van der Waals surface area (Å²) in [7, 11) is 0. The Hall–Kier alpha value is -4.83. The topological polar surface area (TPSA) is 127 Å². The minimum absolute atomic E-state index is 0.0484. The first kappa shape index (κ1) is 22.9. The Balaban J connectivity index is 1.54. The van der Waals surface area contributed by atoms with Gasteiger partial charge in [-0.2, -0.15) is 33.7 Å². The third-order valence-electron chi connectivity index (χ3n) is 5.04. The number of hydrogen-bond donors (Lipinski definition) is 1. The number of hydrogen-bond acceptors (Lipinski definition) is 7. The zero-order valence-electron chi connectivity index (χ0n) is 17.8. The number of benzene rings is 1. The average molecular weight is 510 g/mol. The summed E-state index contributed by atoms with van der Waals surface area (Å²) in [4.78, 5) is 22.1. The van der Waals surface area contributed by atoms with Gasteiger partial charge in [0.1, 0.15) is 11.8 Å². The third-order valence-corrected chi connectivity index (χ3v) is 5.32. The summed E-state index contributed by atoms with van der Waals surface area (Å²) in [6, 6.07) is 9.81. The minimum Gasteiger partial charge on any atom is -0.320 e. The number of pyridine rings is 2. The zero-order chi connectivity index (χ0) is 25.4. The molecule has 4 heterocycles. The second-order valence-corrected chi connectivity index (χ2v) is 7.69. The highest BCUT2D eigenvalue weighted by molar-refractivity contribution is 6.32. The van der Waals surface area contributed by atoms with Gasteiger partial charge in [0.2, 0.25) is 0 Å². The summed E-state index contributed by atoms with van der Waals surface area (Å²) in [6.07, 6.45) is 1.27. The molecule has 5 rings (SSSR count). The number of alkyl halides is 3. The standard InChI is InChI=1S/C22H11ClF3N9O/c23-16-7-12(9-29-20(16)35-30-5-6-31-35)32-21(36)15-11-34(33-19(15)22(24,25)26)18-10-28-17(8-27)13-3-1-2-4-14(13)18/h1-7,9-11H,(H,32,36). The normalized spacial score (nSPS) is 11.4. The van der Waals surface area contributed by atoms with E-state index in [1.165, 1.54) is 30.9 Å². The number of aromatic nitrogens is 7. The third kappa shape index (κ3) is 4.10. The van der Waals surface area contributed by atoms with E-state index < -0.39 is 23.3 Å². The van der Waals surface area contributed by atoms with Gasteiger partial charge in [-0.1, -0.05) is 35.9 Å². The first-order chi connectivity index (χ1) is 17.3. The van der Waals surface area contributed by atoms with Crippen LogP contribution in [0.5, 0.6) is 0 Å². The van der Waals surface area contributed by atoms with E-state index in [4.69, 9.17) is 11.6 Å². The molecule has 14 heteroatoms. The molecule has 0 saturated carbocycles. The molecule has 0 saturated heterocycles. The van der Waals surface area contributed by atoms with Crippen LogP contribution < -0.4 is 5.32 Å². The molecule has 1 amide bonds. The van der Waals surface area contributed by atoms with Crippen molar-refractivity contribution in [2.24, 2.45) is 0 Å². The molecule has 0 atom stereocenters. The summed E-state index contributed by atoms with van der Waals surface area (Å²) in [5, 5.41) is 24.0. The van der Waals surface area contributed by atoms with Crippen LogP contribution in [-0.4, -0.2) is 40.6 Å². The van der Waals surface area contributed by atoms with Crippen molar-refractivity contribution in [1.82, 2.24) is 34.7 Å². The molecular weight excluding hydrogens is 499 g/mol. The molecule has 36 heavy (non-hydrogen) atoms. The molecule has 10 nitrogen and oxygen atoms in total. The van der Waals surface area contributed by atoms with E-state index in [1.54, 1.807) is 24.3 Å². The number of nitriles is 1. The zero-order valence-corrected chi connectivity index (χ0v) is 18.5. The van der Waals surface area contributed by atoms with Gasteiger partial charge < -0.3 is 5.32 Å². The lowest BCUT2D eigenvalue weighted by molar-refractivity contribution is -0.141. The van der Waals surface area contributed by atoms with E-state index in [0.717, 1.165) is 15.7 Å². The van der Waals surface area contributed by atoms with Gasteiger partial charge in [0.05, 0.1) is 46.7 Å². The van der Waals surface area contributed by atoms with Gasteiger partial charge in [0, 0.05) is 17.0 Å².